The first-order valence-electron chi connectivity index (χ1n) is 11.1. The molecule has 0 spiro atoms. The molecule has 0 fully saturated rings. The molecule has 0 atom stereocenters. The number of para-hydroxylation sites is 1. The lowest BCUT2D eigenvalue weighted by molar-refractivity contribution is 1.55. The molecule has 0 saturated heterocycles. The second kappa shape index (κ2) is 9.77. The number of benzene rings is 5. The maximum absolute atomic E-state index is 5.02. The molecule has 0 aliphatic carbocycles. The fraction of sp³-hybridized carbons (Fsp3) is 0. The molecule has 0 amide bonds. The van der Waals surface area contributed by atoms with Gasteiger partial charge in [-0.3, -0.25) is 4.99 Å². The summed E-state index contributed by atoms with van der Waals surface area (Å²) in [6, 6.07) is 51.7. The maximum atomic E-state index is 5.02. The smallest absolute Gasteiger partial charge is 0.146 e. The zero-order valence-corrected chi connectivity index (χ0v) is 19.2. The molecular weight excluding hydrogens is 417 g/mol. The average molecular weight is 443 g/mol. The molecule has 0 aromatic heterocycles. The zero-order valence-electron chi connectivity index (χ0n) is 18.3. The number of hydrogen-bond acceptors (Lipinski definition) is 1. The molecular formula is C31H25NP+. The Morgan fingerprint density at radius 3 is 1.30 bits per heavy atom. The van der Waals surface area contributed by atoms with Gasteiger partial charge >= 0.3 is 0 Å². The molecule has 158 valence electrons. The van der Waals surface area contributed by atoms with E-state index in [4.69, 9.17) is 4.99 Å². The first-order chi connectivity index (χ1) is 16.4. The summed E-state index contributed by atoms with van der Waals surface area (Å²) in [5.74, 6) is 0. The summed E-state index contributed by atoms with van der Waals surface area (Å²) >= 11 is 0. The van der Waals surface area contributed by atoms with E-state index in [0.717, 1.165) is 11.3 Å². The third-order valence-corrected chi connectivity index (χ3v) is 10.1. The summed E-state index contributed by atoms with van der Waals surface area (Å²) in [7, 11) is -2.18. The lowest BCUT2D eigenvalue weighted by Crippen LogP contribution is -2.38. The van der Waals surface area contributed by atoms with Gasteiger partial charge in [-0.05, 0) is 54.1 Å². The average Bonchev–Trinajstić information content (AvgIpc) is 2.91. The van der Waals surface area contributed by atoms with Crippen molar-refractivity contribution in [2.45, 2.75) is 0 Å². The Hall–Kier alpha value is -3.80. The van der Waals surface area contributed by atoms with Crippen LogP contribution in [0, 0.1) is 0 Å². The zero-order chi connectivity index (χ0) is 22.3. The summed E-state index contributed by atoms with van der Waals surface area (Å²) in [6.07, 6.45) is 1.97. The Kier molecular flexibility index (Phi) is 6.24. The Bertz CT molecular complexity index is 1230. The van der Waals surface area contributed by atoms with Gasteiger partial charge in [0.1, 0.15) is 34.2 Å². The molecule has 0 aliphatic heterocycles. The fourth-order valence-electron chi connectivity index (χ4n) is 4.36. The van der Waals surface area contributed by atoms with Gasteiger partial charge in [-0.25, -0.2) is 0 Å². The topological polar surface area (TPSA) is 12.4 Å². The molecule has 0 N–H and O–H groups in total. The van der Waals surface area contributed by atoms with Crippen molar-refractivity contribution in [3.63, 3.8) is 0 Å². The summed E-state index contributed by atoms with van der Waals surface area (Å²) < 4.78 is 0. The maximum Gasteiger partial charge on any atom is 0.146 e. The van der Waals surface area contributed by atoms with E-state index < -0.39 is 7.26 Å². The van der Waals surface area contributed by atoms with Gasteiger partial charge in [0.2, 0.25) is 0 Å². The first-order valence-corrected chi connectivity index (χ1v) is 12.9. The van der Waals surface area contributed by atoms with E-state index in [9.17, 15) is 0 Å². The number of hydrogen-bond donors (Lipinski definition) is 0. The van der Waals surface area contributed by atoms with E-state index >= 15 is 0 Å². The highest BCUT2D eigenvalue weighted by Gasteiger charge is 2.49. The van der Waals surface area contributed by atoms with Gasteiger partial charge in [-0.1, -0.05) is 97.1 Å². The van der Waals surface area contributed by atoms with Crippen molar-refractivity contribution >= 4 is 40.4 Å². The predicted octanol–water partition coefficient (Wildman–Crippen LogP) is 6.06. The van der Waals surface area contributed by atoms with Crippen molar-refractivity contribution < 1.29 is 0 Å². The van der Waals surface area contributed by atoms with Crippen molar-refractivity contribution in [2.75, 3.05) is 0 Å². The quantitative estimate of drug-likeness (QED) is 0.224. The molecule has 5 aromatic rings. The molecule has 0 radical (unpaired) electrons. The Morgan fingerprint density at radius 2 is 0.818 bits per heavy atom. The first kappa shape index (κ1) is 21.1. The minimum atomic E-state index is -2.18. The monoisotopic (exact) mass is 442 g/mol. The SMILES string of the molecule is C(=Nc1ccccc1[P+](c1ccccc1)(c1ccccc1)c1ccccc1)c1ccccc1. The van der Waals surface area contributed by atoms with Crippen LogP contribution in [0.1, 0.15) is 5.56 Å². The molecule has 0 aliphatic rings. The molecule has 0 unspecified atom stereocenters. The van der Waals surface area contributed by atoms with Gasteiger partial charge < -0.3 is 0 Å². The highest BCUT2D eigenvalue weighted by molar-refractivity contribution is 8.01. The van der Waals surface area contributed by atoms with Gasteiger partial charge in [-0.15, -0.1) is 0 Å². The van der Waals surface area contributed by atoms with Gasteiger partial charge in [0.25, 0.3) is 0 Å². The summed E-state index contributed by atoms with van der Waals surface area (Å²) in [4.78, 5) is 5.02. The van der Waals surface area contributed by atoms with E-state index in [1.165, 1.54) is 21.2 Å². The van der Waals surface area contributed by atoms with Gasteiger partial charge in [0, 0.05) is 6.21 Å². The van der Waals surface area contributed by atoms with Gasteiger partial charge in [0.15, 0.2) is 0 Å². The molecule has 0 heterocycles. The highest BCUT2D eigenvalue weighted by atomic mass is 31.2. The third-order valence-electron chi connectivity index (χ3n) is 5.83. The van der Waals surface area contributed by atoms with Gasteiger partial charge in [0.05, 0.1) is 0 Å². The van der Waals surface area contributed by atoms with Crippen molar-refractivity contribution in [1.82, 2.24) is 0 Å². The normalized spacial score (nSPS) is 11.5. The summed E-state index contributed by atoms with van der Waals surface area (Å²) in [6.45, 7) is 0. The van der Waals surface area contributed by atoms with Crippen LogP contribution in [0.5, 0.6) is 0 Å². The second-order valence-corrected chi connectivity index (χ2v) is 11.2. The molecule has 0 saturated carbocycles. The molecule has 5 rings (SSSR count). The van der Waals surface area contributed by atoms with E-state index in [2.05, 4.69) is 127 Å². The fourth-order valence-corrected chi connectivity index (χ4v) is 8.73. The van der Waals surface area contributed by atoms with Crippen molar-refractivity contribution in [1.29, 1.82) is 0 Å². The van der Waals surface area contributed by atoms with Gasteiger partial charge in [-0.2, -0.15) is 0 Å². The van der Waals surface area contributed by atoms with E-state index in [-0.39, 0.29) is 0 Å². The Morgan fingerprint density at radius 1 is 0.424 bits per heavy atom. The minimum Gasteiger partial charge on any atom is -0.252 e. The Labute approximate surface area is 196 Å². The van der Waals surface area contributed by atoms with Crippen LogP contribution in [0.2, 0.25) is 0 Å². The van der Waals surface area contributed by atoms with Crippen LogP contribution in [0.25, 0.3) is 0 Å². The van der Waals surface area contributed by atoms with Crippen LogP contribution >= 0.6 is 7.26 Å². The number of nitrogens with zero attached hydrogens (tertiary/aromatic N) is 1. The van der Waals surface area contributed by atoms with Crippen LogP contribution in [-0.2, 0) is 0 Å². The standard InChI is InChI=1S/C31H25NP/c1-5-15-26(16-6-1)25-32-30-23-13-14-24-31(30)33(27-17-7-2-8-18-27,28-19-9-3-10-20-28)29-21-11-4-12-22-29/h1-25H/q+1. The number of aliphatic imine (C=N–C) groups is 1. The molecule has 1 nitrogen and oxygen atoms in total. The lowest BCUT2D eigenvalue weighted by Gasteiger charge is -2.28. The lowest BCUT2D eigenvalue weighted by atomic mass is 10.2. The third kappa shape index (κ3) is 4.16. The number of rotatable bonds is 6. The molecule has 5 aromatic carbocycles. The van der Waals surface area contributed by atoms with E-state index in [0.29, 0.717) is 0 Å². The molecule has 33 heavy (non-hydrogen) atoms. The van der Waals surface area contributed by atoms with Crippen molar-refractivity contribution in [3.05, 3.63) is 151 Å². The van der Waals surface area contributed by atoms with E-state index in [1.807, 2.05) is 24.4 Å². The van der Waals surface area contributed by atoms with Crippen LogP contribution < -0.4 is 21.2 Å². The van der Waals surface area contributed by atoms with Crippen molar-refractivity contribution in [2.24, 2.45) is 4.99 Å². The predicted molar refractivity (Wildman–Crippen MR) is 145 cm³/mol. The highest BCUT2D eigenvalue weighted by Crippen LogP contribution is 2.55. The van der Waals surface area contributed by atoms with Crippen LogP contribution in [-0.4, -0.2) is 6.21 Å². The van der Waals surface area contributed by atoms with Crippen LogP contribution in [0.3, 0.4) is 0 Å². The summed E-state index contributed by atoms with van der Waals surface area (Å²) in [5, 5.41) is 5.24. The van der Waals surface area contributed by atoms with Crippen molar-refractivity contribution in [3.8, 4) is 0 Å². The molecule has 2 heteroatoms. The second-order valence-electron chi connectivity index (χ2n) is 7.84. The largest absolute Gasteiger partial charge is 0.252 e. The minimum absolute atomic E-state index is 1.01. The van der Waals surface area contributed by atoms with Crippen LogP contribution in [0.15, 0.2) is 151 Å². The molecule has 0 bridgehead atoms. The van der Waals surface area contributed by atoms with Crippen LogP contribution in [0.4, 0.5) is 5.69 Å². The summed E-state index contributed by atoms with van der Waals surface area (Å²) in [5.41, 5.74) is 2.10. The Balaban J connectivity index is 1.83. The van der Waals surface area contributed by atoms with E-state index in [1.54, 1.807) is 0 Å².